The molecule has 0 aliphatic heterocycles. The summed E-state index contributed by atoms with van der Waals surface area (Å²) in [7, 11) is 1.59. The lowest BCUT2D eigenvalue weighted by atomic mass is 10.3. The fourth-order valence-corrected chi connectivity index (χ4v) is 1.70. The molecule has 1 heterocycles. The van der Waals surface area contributed by atoms with Gasteiger partial charge in [-0.1, -0.05) is 15.9 Å². The summed E-state index contributed by atoms with van der Waals surface area (Å²) in [6, 6.07) is 5.66. The maximum atomic E-state index is 5.53. The molecule has 1 atom stereocenters. The Morgan fingerprint density at radius 3 is 3.07 bits per heavy atom. The first kappa shape index (κ1) is 10.6. The third-order valence-electron chi connectivity index (χ3n) is 2.14. The second-order valence-corrected chi connectivity index (χ2v) is 4.04. The highest BCUT2D eigenvalue weighted by atomic mass is 79.9. The van der Waals surface area contributed by atoms with Crippen LogP contribution in [0, 0.1) is 0 Å². The number of benzene rings is 1. The zero-order chi connectivity index (χ0) is 10.8. The van der Waals surface area contributed by atoms with E-state index in [-0.39, 0.29) is 6.10 Å². The van der Waals surface area contributed by atoms with Gasteiger partial charge in [-0.05, 0) is 18.2 Å². The van der Waals surface area contributed by atoms with Gasteiger partial charge in [0.05, 0.1) is 0 Å². The summed E-state index contributed by atoms with van der Waals surface area (Å²) in [5, 5.41) is 0. The maximum absolute atomic E-state index is 5.53. The molecule has 2 rings (SSSR count). The van der Waals surface area contributed by atoms with Crippen molar-refractivity contribution in [3.8, 4) is 0 Å². The van der Waals surface area contributed by atoms with E-state index < -0.39 is 0 Å². The maximum Gasteiger partial charge on any atom is 0.225 e. The Bertz CT molecular complexity index is 465. The molecular formula is C10H11BrN2O2. The largest absolute Gasteiger partial charge is 0.438 e. The molecule has 1 aromatic carbocycles. The molecule has 0 bridgehead atoms. The lowest BCUT2D eigenvalue weighted by Gasteiger charge is -2.06. The Balaban J connectivity index is 2.46. The molecule has 2 aromatic rings. The molecule has 0 radical (unpaired) electrons. The van der Waals surface area contributed by atoms with Crippen molar-refractivity contribution in [3.63, 3.8) is 0 Å². The van der Waals surface area contributed by atoms with Gasteiger partial charge in [0.2, 0.25) is 5.89 Å². The highest BCUT2D eigenvalue weighted by Gasteiger charge is 2.15. The van der Waals surface area contributed by atoms with E-state index in [9.17, 15) is 0 Å². The Kier molecular flexibility index (Phi) is 3.04. The first-order chi connectivity index (χ1) is 7.24. The molecule has 0 spiro atoms. The number of fused-ring (bicyclic) bond motifs is 1. The summed E-state index contributed by atoms with van der Waals surface area (Å²) < 4.78 is 11.7. The number of nitrogens with two attached hydrogens (primary N) is 1. The molecule has 0 aliphatic carbocycles. The lowest BCUT2D eigenvalue weighted by molar-refractivity contribution is 0.0878. The highest BCUT2D eigenvalue weighted by Crippen LogP contribution is 2.24. The Hall–Kier alpha value is -0.910. The van der Waals surface area contributed by atoms with E-state index in [2.05, 4.69) is 20.9 Å². The minimum Gasteiger partial charge on any atom is -0.438 e. The van der Waals surface area contributed by atoms with E-state index in [1.54, 1.807) is 7.11 Å². The standard InChI is InChI=1S/C10H11BrN2O2/c1-14-9(5-12)10-13-7-4-6(11)2-3-8(7)15-10/h2-4,9H,5,12H2,1H3. The second kappa shape index (κ2) is 4.30. The fraction of sp³-hybridized carbons (Fsp3) is 0.300. The van der Waals surface area contributed by atoms with Crippen LogP contribution in [-0.4, -0.2) is 18.6 Å². The quantitative estimate of drug-likeness (QED) is 0.929. The van der Waals surface area contributed by atoms with Crippen molar-refractivity contribution in [2.45, 2.75) is 6.10 Å². The van der Waals surface area contributed by atoms with Gasteiger partial charge in [0.15, 0.2) is 5.58 Å². The topological polar surface area (TPSA) is 61.3 Å². The molecule has 2 N–H and O–H groups in total. The number of hydrogen-bond acceptors (Lipinski definition) is 4. The van der Waals surface area contributed by atoms with Crippen molar-refractivity contribution in [1.29, 1.82) is 0 Å². The number of methoxy groups -OCH3 is 1. The summed E-state index contributed by atoms with van der Waals surface area (Å²) in [5.74, 6) is 0.521. The van der Waals surface area contributed by atoms with Crippen molar-refractivity contribution in [2.24, 2.45) is 5.73 Å². The number of oxazole rings is 1. The number of nitrogens with zero attached hydrogens (tertiary/aromatic N) is 1. The molecule has 0 aliphatic rings. The van der Waals surface area contributed by atoms with E-state index >= 15 is 0 Å². The van der Waals surface area contributed by atoms with Gasteiger partial charge in [-0.15, -0.1) is 0 Å². The van der Waals surface area contributed by atoms with E-state index in [1.807, 2.05) is 18.2 Å². The van der Waals surface area contributed by atoms with Crippen LogP contribution in [0.5, 0.6) is 0 Å². The molecule has 1 aromatic heterocycles. The molecule has 5 heteroatoms. The average molecular weight is 271 g/mol. The fourth-order valence-electron chi connectivity index (χ4n) is 1.35. The zero-order valence-electron chi connectivity index (χ0n) is 8.24. The van der Waals surface area contributed by atoms with Crippen molar-refractivity contribution in [2.75, 3.05) is 13.7 Å². The van der Waals surface area contributed by atoms with Crippen molar-refractivity contribution >= 4 is 27.0 Å². The molecule has 0 saturated heterocycles. The van der Waals surface area contributed by atoms with Crippen molar-refractivity contribution < 1.29 is 9.15 Å². The number of hydrogen-bond donors (Lipinski definition) is 1. The lowest BCUT2D eigenvalue weighted by Crippen LogP contribution is -2.14. The predicted octanol–water partition coefficient (Wildman–Crippen LogP) is 2.24. The van der Waals surface area contributed by atoms with Crippen LogP contribution in [0.3, 0.4) is 0 Å². The molecule has 0 fully saturated rings. The van der Waals surface area contributed by atoms with Crippen molar-refractivity contribution in [1.82, 2.24) is 4.98 Å². The van der Waals surface area contributed by atoms with Crippen LogP contribution in [0.15, 0.2) is 27.1 Å². The van der Waals surface area contributed by atoms with Crippen LogP contribution < -0.4 is 5.73 Å². The Labute approximate surface area is 95.5 Å². The third-order valence-corrected chi connectivity index (χ3v) is 2.63. The minimum atomic E-state index is -0.281. The van der Waals surface area contributed by atoms with E-state index in [0.717, 1.165) is 15.6 Å². The minimum absolute atomic E-state index is 0.281. The number of aromatic nitrogens is 1. The van der Waals surface area contributed by atoms with Crippen LogP contribution in [0.1, 0.15) is 12.0 Å². The smallest absolute Gasteiger partial charge is 0.225 e. The van der Waals surface area contributed by atoms with Crippen LogP contribution >= 0.6 is 15.9 Å². The number of rotatable bonds is 3. The average Bonchev–Trinajstić information content (AvgIpc) is 2.62. The van der Waals surface area contributed by atoms with Crippen LogP contribution in [-0.2, 0) is 4.74 Å². The van der Waals surface area contributed by atoms with Gasteiger partial charge in [-0.3, -0.25) is 0 Å². The summed E-state index contributed by atoms with van der Waals surface area (Å²) in [5.41, 5.74) is 7.07. The molecule has 1 unspecified atom stereocenters. The first-order valence-corrected chi connectivity index (χ1v) is 5.32. The summed E-state index contributed by atoms with van der Waals surface area (Å²) in [6.07, 6.45) is -0.281. The SMILES string of the molecule is COC(CN)c1nc2cc(Br)ccc2o1. The molecule has 0 saturated carbocycles. The summed E-state index contributed by atoms with van der Waals surface area (Å²) >= 11 is 3.38. The first-order valence-electron chi connectivity index (χ1n) is 4.53. The van der Waals surface area contributed by atoms with Gasteiger partial charge in [0.25, 0.3) is 0 Å². The third kappa shape index (κ3) is 2.04. The van der Waals surface area contributed by atoms with Crippen LogP contribution in [0.4, 0.5) is 0 Å². The second-order valence-electron chi connectivity index (χ2n) is 3.12. The summed E-state index contributed by atoms with van der Waals surface area (Å²) in [6.45, 7) is 0.352. The molecule has 0 amide bonds. The van der Waals surface area contributed by atoms with Gasteiger partial charge in [-0.2, -0.15) is 0 Å². The van der Waals surface area contributed by atoms with Gasteiger partial charge in [-0.25, -0.2) is 4.98 Å². The Morgan fingerprint density at radius 1 is 1.60 bits per heavy atom. The zero-order valence-corrected chi connectivity index (χ0v) is 9.82. The molecule has 80 valence electrons. The van der Waals surface area contributed by atoms with Gasteiger partial charge in [0, 0.05) is 18.1 Å². The van der Waals surface area contributed by atoms with Gasteiger partial charge < -0.3 is 14.9 Å². The number of halogens is 1. The Morgan fingerprint density at radius 2 is 2.40 bits per heavy atom. The van der Waals surface area contributed by atoms with Crippen molar-refractivity contribution in [3.05, 3.63) is 28.6 Å². The van der Waals surface area contributed by atoms with Crippen LogP contribution in [0.2, 0.25) is 0 Å². The normalized spacial score (nSPS) is 13.3. The van der Waals surface area contributed by atoms with E-state index in [0.29, 0.717) is 12.4 Å². The van der Waals surface area contributed by atoms with E-state index in [1.165, 1.54) is 0 Å². The molecule has 4 nitrogen and oxygen atoms in total. The predicted molar refractivity (Wildman–Crippen MR) is 60.5 cm³/mol. The summed E-state index contributed by atoms with van der Waals surface area (Å²) in [4.78, 5) is 4.31. The van der Waals surface area contributed by atoms with E-state index in [4.69, 9.17) is 14.9 Å². The highest BCUT2D eigenvalue weighted by molar-refractivity contribution is 9.10. The van der Waals surface area contributed by atoms with Gasteiger partial charge >= 0.3 is 0 Å². The van der Waals surface area contributed by atoms with Gasteiger partial charge in [0.1, 0.15) is 11.6 Å². The monoisotopic (exact) mass is 270 g/mol. The molecule has 15 heavy (non-hydrogen) atoms. The number of ether oxygens (including phenoxy) is 1. The van der Waals surface area contributed by atoms with Crippen LogP contribution in [0.25, 0.3) is 11.1 Å². The molecular weight excluding hydrogens is 260 g/mol.